The fourth-order valence-corrected chi connectivity index (χ4v) is 2.06. The maximum absolute atomic E-state index is 2.24. The molecule has 0 aliphatic carbocycles. The minimum atomic E-state index is 0.805. The van der Waals surface area contributed by atoms with Crippen LogP contribution < -0.4 is 0 Å². The van der Waals surface area contributed by atoms with Gasteiger partial charge in [-0.3, -0.25) is 0 Å². The standard InChI is InChI=1S/C8H14Se/c1-3-5-7-9-8-6-4-2/h3-6H,7-8H2,1-2H3/b5-3-,6-4+. The maximum atomic E-state index is 2.24. The Kier molecular flexibility index (Phi) is 8.00. The zero-order valence-electron chi connectivity index (χ0n) is 6.13. The predicted molar refractivity (Wildman–Crippen MR) is 45.0 cm³/mol. The van der Waals surface area contributed by atoms with Gasteiger partial charge in [0.1, 0.15) is 0 Å². The van der Waals surface area contributed by atoms with Gasteiger partial charge in [-0.2, -0.15) is 0 Å². The Labute approximate surface area is 64.2 Å². The summed E-state index contributed by atoms with van der Waals surface area (Å²) in [6, 6.07) is 0. The third-order valence-electron chi connectivity index (χ3n) is 0.900. The van der Waals surface area contributed by atoms with Crippen molar-refractivity contribution in [3.8, 4) is 0 Å². The molecule has 0 aliphatic heterocycles. The molecule has 0 amide bonds. The average Bonchev–Trinajstić information content (AvgIpc) is 1.89. The molecule has 9 heavy (non-hydrogen) atoms. The molecule has 52 valence electrons. The van der Waals surface area contributed by atoms with Crippen molar-refractivity contribution in [1.82, 2.24) is 0 Å². The second-order valence-electron chi connectivity index (χ2n) is 1.68. The van der Waals surface area contributed by atoms with Crippen LogP contribution in [0, 0.1) is 0 Å². The van der Waals surface area contributed by atoms with Crippen LogP contribution in [-0.4, -0.2) is 15.0 Å². The summed E-state index contributed by atoms with van der Waals surface area (Å²) in [6.45, 7) is 4.15. The van der Waals surface area contributed by atoms with Gasteiger partial charge in [0.15, 0.2) is 0 Å². The molecule has 0 aromatic heterocycles. The van der Waals surface area contributed by atoms with E-state index in [2.05, 4.69) is 38.2 Å². The fraction of sp³-hybridized carbons (Fsp3) is 0.500. The molecule has 0 unspecified atom stereocenters. The quantitative estimate of drug-likeness (QED) is 0.362. The molecule has 0 radical (unpaired) electrons. The molecular weight excluding hydrogens is 175 g/mol. The van der Waals surface area contributed by atoms with E-state index in [1.807, 2.05) is 0 Å². The summed E-state index contributed by atoms with van der Waals surface area (Å²) in [7, 11) is 0. The summed E-state index contributed by atoms with van der Waals surface area (Å²) < 4.78 is 0. The molecule has 0 fully saturated rings. The Bertz CT molecular complexity index is 80.7. The van der Waals surface area contributed by atoms with Crippen molar-refractivity contribution in [3.05, 3.63) is 24.3 Å². The summed E-state index contributed by atoms with van der Waals surface area (Å²) in [6.07, 6.45) is 8.72. The molecule has 0 saturated heterocycles. The molecule has 0 rings (SSSR count). The van der Waals surface area contributed by atoms with Gasteiger partial charge in [0.2, 0.25) is 0 Å². The second-order valence-corrected chi connectivity index (χ2v) is 3.93. The summed E-state index contributed by atoms with van der Waals surface area (Å²) in [5.74, 6) is 0. The van der Waals surface area contributed by atoms with Gasteiger partial charge in [0.05, 0.1) is 0 Å². The topological polar surface area (TPSA) is 0 Å². The van der Waals surface area contributed by atoms with Crippen molar-refractivity contribution in [2.24, 2.45) is 0 Å². The van der Waals surface area contributed by atoms with Crippen LogP contribution >= 0.6 is 0 Å². The van der Waals surface area contributed by atoms with Gasteiger partial charge in [0.25, 0.3) is 0 Å². The van der Waals surface area contributed by atoms with E-state index >= 15 is 0 Å². The third-order valence-corrected chi connectivity index (χ3v) is 2.70. The Balaban J connectivity index is 2.91. The van der Waals surface area contributed by atoms with E-state index in [1.165, 1.54) is 10.6 Å². The zero-order chi connectivity index (χ0) is 6.95. The Morgan fingerprint density at radius 1 is 1.00 bits per heavy atom. The van der Waals surface area contributed by atoms with Gasteiger partial charge < -0.3 is 0 Å². The molecule has 0 spiro atoms. The molecular formula is C8H14Se. The summed E-state index contributed by atoms with van der Waals surface area (Å²) in [5, 5.41) is 2.57. The summed E-state index contributed by atoms with van der Waals surface area (Å²) >= 11 is 0.805. The number of hydrogen-bond donors (Lipinski definition) is 0. The van der Waals surface area contributed by atoms with Crippen LogP contribution in [0.15, 0.2) is 24.3 Å². The first-order chi connectivity index (χ1) is 4.41. The van der Waals surface area contributed by atoms with E-state index in [9.17, 15) is 0 Å². The SMILES string of the molecule is C/C=C\C[Se]C/C=C/C. The predicted octanol–water partition coefficient (Wildman–Crippen LogP) is 2.68. The first kappa shape index (κ1) is 9.00. The summed E-state index contributed by atoms with van der Waals surface area (Å²) in [5.41, 5.74) is 0. The molecule has 0 aromatic rings. The van der Waals surface area contributed by atoms with Gasteiger partial charge in [-0.1, -0.05) is 0 Å². The Morgan fingerprint density at radius 3 is 1.78 bits per heavy atom. The van der Waals surface area contributed by atoms with Gasteiger partial charge in [-0.25, -0.2) is 0 Å². The van der Waals surface area contributed by atoms with E-state index < -0.39 is 0 Å². The molecule has 0 atom stereocenters. The monoisotopic (exact) mass is 190 g/mol. The first-order valence-corrected chi connectivity index (χ1v) is 5.64. The van der Waals surface area contributed by atoms with Crippen LogP contribution in [0.1, 0.15) is 13.8 Å². The molecule has 0 aromatic carbocycles. The normalized spacial score (nSPS) is 11.8. The Hall–Kier alpha value is -0.000519. The van der Waals surface area contributed by atoms with E-state index in [0.717, 1.165) is 15.0 Å². The van der Waals surface area contributed by atoms with Gasteiger partial charge >= 0.3 is 63.7 Å². The van der Waals surface area contributed by atoms with E-state index in [-0.39, 0.29) is 0 Å². The average molecular weight is 189 g/mol. The molecule has 0 nitrogen and oxygen atoms in total. The van der Waals surface area contributed by atoms with E-state index in [0.29, 0.717) is 0 Å². The van der Waals surface area contributed by atoms with Crippen molar-refractivity contribution in [3.63, 3.8) is 0 Å². The van der Waals surface area contributed by atoms with Crippen molar-refractivity contribution in [2.75, 3.05) is 0 Å². The van der Waals surface area contributed by atoms with Gasteiger partial charge in [0, 0.05) is 0 Å². The van der Waals surface area contributed by atoms with Crippen LogP contribution in [0.25, 0.3) is 0 Å². The number of rotatable bonds is 4. The van der Waals surface area contributed by atoms with Crippen molar-refractivity contribution >= 4 is 15.0 Å². The van der Waals surface area contributed by atoms with E-state index in [1.54, 1.807) is 0 Å². The molecule has 0 aliphatic rings. The first-order valence-electron chi connectivity index (χ1n) is 3.22. The van der Waals surface area contributed by atoms with Crippen LogP contribution in [0.2, 0.25) is 10.6 Å². The molecule has 0 N–H and O–H groups in total. The number of hydrogen-bond acceptors (Lipinski definition) is 0. The van der Waals surface area contributed by atoms with Gasteiger partial charge in [-0.05, 0) is 0 Å². The van der Waals surface area contributed by atoms with E-state index in [4.69, 9.17) is 0 Å². The summed E-state index contributed by atoms with van der Waals surface area (Å²) in [4.78, 5) is 0. The molecule has 1 heteroatoms. The van der Waals surface area contributed by atoms with Crippen molar-refractivity contribution < 1.29 is 0 Å². The van der Waals surface area contributed by atoms with Crippen molar-refractivity contribution in [2.45, 2.75) is 24.5 Å². The number of allylic oxidation sites excluding steroid dienone is 4. The second kappa shape index (κ2) is 8.00. The molecule has 0 bridgehead atoms. The van der Waals surface area contributed by atoms with Crippen LogP contribution in [0.4, 0.5) is 0 Å². The van der Waals surface area contributed by atoms with Crippen LogP contribution in [0.3, 0.4) is 0 Å². The zero-order valence-corrected chi connectivity index (χ0v) is 7.84. The molecule has 0 heterocycles. The van der Waals surface area contributed by atoms with Crippen LogP contribution in [0.5, 0.6) is 0 Å². The Morgan fingerprint density at radius 2 is 1.44 bits per heavy atom. The molecule has 0 saturated carbocycles. The fourth-order valence-electron chi connectivity index (χ4n) is 0.397. The van der Waals surface area contributed by atoms with Gasteiger partial charge in [-0.15, -0.1) is 0 Å². The van der Waals surface area contributed by atoms with Crippen molar-refractivity contribution in [1.29, 1.82) is 0 Å². The third kappa shape index (κ3) is 8.00. The van der Waals surface area contributed by atoms with Crippen LogP contribution in [-0.2, 0) is 0 Å². The minimum absolute atomic E-state index is 0.805.